The minimum Gasteiger partial charge on any atom is -0.409 e. The molecule has 3 N–H and O–H groups in total. The highest BCUT2D eigenvalue weighted by Gasteiger charge is 2.23. The predicted octanol–water partition coefficient (Wildman–Crippen LogP) is 2.47. The molecule has 2 heterocycles. The summed E-state index contributed by atoms with van der Waals surface area (Å²) in [5.41, 5.74) is 7.84. The number of rotatable bonds is 3. The number of fused-ring (bicyclic) bond motifs is 1. The summed E-state index contributed by atoms with van der Waals surface area (Å²) in [6.45, 7) is 0.850. The zero-order chi connectivity index (χ0) is 13.2. The van der Waals surface area contributed by atoms with Gasteiger partial charge in [-0.25, -0.2) is 0 Å². The molecule has 5 heteroatoms. The van der Waals surface area contributed by atoms with Crippen LogP contribution in [0.3, 0.4) is 0 Å². The topological polar surface area (TPSA) is 63.5 Å². The van der Waals surface area contributed by atoms with Crippen molar-refractivity contribution in [1.29, 1.82) is 0 Å². The molecule has 0 spiro atoms. The van der Waals surface area contributed by atoms with Crippen molar-refractivity contribution >= 4 is 17.6 Å². The average molecular weight is 273 g/mol. The van der Waals surface area contributed by atoms with Gasteiger partial charge in [0.15, 0.2) is 5.84 Å². The van der Waals surface area contributed by atoms with Crippen LogP contribution in [0.15, 0.2) is 52.6 Å². The van der Waals surface area contributed by atoms with E-state index in [1.54, 1.807) is 0 Å². The Morgan fingerprint density at radius 3 is 3.05 bits per heavy atom. The molecule has 2 aromatic rings. The van der Waals surface area contributed by atoms with Gasteiger partial charge in [-0.15, -0.1) is 11.8 Å². The monoisotopic (exact) mass is 273 g/mol. The maximum Gasteiger partial charge on any atom is 0.186 e. The van der Waals surface area contributed by atoms with Crippen LogP contribution < -0.4 is 5.73 Å². The molecule has 0 fully saturated rings. The Labute approximate surface area is 115 Å². The number of thioether (sulfide) groups is 1. The minimum atomic E-state index is 0.156. The molecule has 98 valence electrons. The molecule has 1 unspecified atom stereocenters. The summed E-state index contributed by atoms with van der Waals surface area (Å²) in [4.78, 5) is 1.37. The first-order valence-corrected chi connectivity index (χ1v) is 7.13. The average Bonchev–Trinajstić information content (AvgIpc) is 3.06. The van der Waals surface area contributed by atoms with Crippen LogP contribution in [-0.2, 0) is 6.54 Å². The summed E-state index contributed by atoms with van der Waals surface area (Å²) in [6, 6.07) is 12.3. The fraction of sp³-hybridized carbons (Fsp3) is 0.214. The van der Waals surface area contributed by atoms with Crippen molar-refractivity contribution in [3.63, 3.8) is 0 Å². The Hall–Kier alpha value is -1.88. The lowest BCUT2D eigenvalue weighted by Gasteiger charge is -2.14. The number of hydrogen-bond acceptors (Lipinski definition) is 3. The van der Waals surface area contributed by atoms with Gasteiger partial charge in [0.25, 0.3) is 0 Å². The molecule has 3 rings (SSSR count). The lowest BCUT2D eigenvalue weighted by molar-refractivity contribution is 0.318. The van der Waals surface area contributed by atoms with E-state index in [0.29, 0.717) is 5.92 Å². The molecule has 1 aliphatic rings. The van der Waals surface area contributed by atoms with Crippen LogP contribution in [0, 0.1) is 0 Å². The van der Waals surface area contributed by atoms with Crippen LogP contribution in [0.4, 0.5) is 0 Å². The zero-order valence-corrected chi connectivity index (χ0v) is 11.2. The van der Waals surface area contributed by atoms with Gasteiger partial charge in [-0.1, -0.05) is 23.4 Å². The highest BCUT2D eigenvalue weighted by Crippen LogP contribution is 2.40. The molecule has 4 nitrogen and oxygen atoms in total. The molecule has 0 amide bonds. The van der Waals surface area contributed by atoms with E-state index in [1.165, 1.54) is 10.5 Å². The van der Waals surface area contributed by atoms with Gasteiger partial charge in [0, 0.05) is 29.3 Å². The normalized spacial score (nSPS) is 18.5. The van der Waals surface area contributed by atoms with E-state index in [2.05, 4.69) is 29.4 Å². The number of amidine groups is 1. The Bertz CT molecular complexity index is 621. The second-order valence-electron chi connectivity index (χ2n) is 4.58. The zero-order valence-electron chi connectivity index (χ0n) is 10.4. The van der Waals surface area contributed by atoms with E-state index in [4.69, 9.17) is 10.9 Å². The van der Waals surface area contributed by atoms with Crippen LogP contribution >= 0.6 is 11.8 Å². The minimum absolute atomic E-state index is 0.156. The van der Waals surface area contributed by atoms with Crippen molar-refractivity contribution in [1.82, 2.24) is 4.57 Å². The molecule has 1 aromatic heterocycles. The molecule has 0 saturated carbocycles. The van der Waals surface area contributed by atoms with Crippen LogP contribution in [0.5, 0.6) is 0 Å². The van der Waals surface area contributed by atoms with Gasteiger partial charge in [-0.2, -0.15) is 0 Å². The maximum atomic E-state index is 8.80. The van der Waals surface area contributed by atoms with Crippen molar-refractivity contribution in [3.05, 3.63) is 53.9 Å². The second kappa shape index (κ2) is 5.01. The van der Waals surface area contributed by atoms with E-state index in [1.807, 2.05) is 34.7 Å². The lowest BCUT2D eigenvalue weighted by Crippen LogP contribution is -2.20. The maximum absolute atomic E-state index is 8.80. The number of benzene rings is 1. The molecular formula is C14H15N3OS. The van der Waals surface area contributed by atoms with Gasteiger partial charge >= 0.3 is 0 Å². The quantitative estimate of drug-likeness (QED) is 0.391. The van der Waals surface area contributed by atoms with Crippen molar-refractivity contribution in [3.8, 4) is 0 Å². The van der Waals surface area contributed by atoms with Crippen molar-refractivity contribution in [2.75, 3.05) is 5.75 Å². The molecule has 0 saturated heterocycles. The number of nitrogens with zero attached hydrogens (tertiary/aromatic N) is 2. The van der Waals surface area contributed by atoms with Gasteiger partial charge in [0.1, 0.15) is 0 Å². The van der Waals surface area contributed by atoms with Gasteiger partial charge in [0.2, 0.25) is 0 Å². The van der Waals surface area contributed by atoms with Gasteiger partial charge < -0.3 is 15.5 Å². The summed E-state index contributed by atoms with van der Waals surface area (Å²) >= 11 is 1.89. The van der Waals surface area contributed by atoms with Crippen LogP contribution in [0.2, 0.25) is 0 Å². The number of aromatic nitrogens is 1. The molecule has 1 aliphatic heterocycles. The molecule has 1 atom stereocenters. The molecule has 1 aromatic carbocycles. The fourth-order valence-corrected chi connectivity index (χ4v) is 3.72. The Morgan fingerprint density at radius 1 is 1.37 bits per heavy atom. The number of nitrogens with two attached hydrogens (primary N) is 1. The fourth-order valence-electron chi connectivity index (χ4n) is 2.47. The molecule has 0 aliphatic carbocycles. The van der Waals surface area contributed by atoms with E-state index in [0.717, 1.165) is 18.0 Å². The summed E-state index contributed by atoms with van der Waals surface area (Å²) in [6.07, 6.45) is 1.97. The highest BCUT2D eigenvalue weighted by atomic mass is 32.2. The standard InChI is InChI=1S/C14H15N3OS/c15-14(16-18)12-5-3-7-17(12)8-10-9-19-13-6-2-1-4-11(10)13/h1-7,10,18H,8-9H2,(H2,15,16). The molecule has 0 radical (unpaired) electrons. The summed E-state index contributed by atoms with van der Waals surface area (Å²) < 4.78 is 2.04. The van der Waals surface area contributed by atoms with Crippen LogP contribution in [0.1, 0.15) is 17.2 Å². The summed E-state index contributed by atoms with van der Waals surface area (Å²) in [5, 5.41) is 11.9. The number of hydrogen-bond donors (Lipinski definition) is 2. The molecular weight excluding hydrogens is 258 g/mol. The SMILES string of the molecule is N/C(=N/O)c1cccn1CC1CSc2ccccc21. The summed E-state index contributed by atoms with van der Waals surface area (Å²) in [5.74, 6) is 1.70. The van der Waals surface area contributed by atoms with E-state index in [-0.39, 0.29) is 5.84 Å². The van der Waals surface area contributed by atoms with Crippen LogP contribution in [0.25, 0.3) is 0 Å². The third kappa shape index (κ3) is 2.21. The van der Waals surface area contributed by atoms with Crippen molar-refractivity contribution in [2.24, 2.45) is 10.9 Å². The first-order valence-electron chi connectivity index (χ1n) is 6.14. The van der Waals surface area contributed by atoms with Crippen molar-refractivity contribution in [2.45, 2.75) is 17.4 Å². The van der Waals surface area contributed by atoms with Gasteiger partial charge in [0.05, 0.1) is 5.69 Å². The third-order valence-corrected chi connectivity index (χ3v) is 4.67. The van der Waals surface area contributed by atoms with Crippen molar-refractivity contribution < 1.29 is 5.21 Å². The Balaban J connectivity index is 1.86. The van der Waals surface area contributed by atoms with E-state index >= 15 is 0 Å². The van der Waals surface area contributed by atoms with Gasteiger partial charge in [-0.05, 0) is 23.8 Å². The van der Waals surface area contributed by atoms with E-state index in [9.17, 15) is 0 Å². The highest BCUT2D eigenvalue weighted by molar-refractivity contribution is 7.99. The molecule has 19 heavy (non-hydrogen) atoms. The van der Waals surface area contributed by atoms with Crippen LogP contribution in [-0.4, -0.2) is 21.4 Å². The number of oxime groups is 1. The predicted molar refractivity (Wildman–Crippen MR) is 76.8 cm³/mol. The largest absolute Gasteiger partial charge is 0.409 e. The van der Waals surface area contributed by atoms with E-state index < -0.39 is 0 Å². The Morgan fingerprint density at radius 2 is 2.21 bits per heavy atom. The Kier molecular flexibility index (Phi) is 3.21. The molecule has 0 bridgehead atoms. The summed E-state index contributed by atoms with van der Waals surface area (Å²) in [7, 11) is 0. The first kappa shape index (κ1) is 12.2. The second-order valence-corrected chi connectivity index (χ2v) is 5.64. The first-order chi connectivity index (χ1) is 9.29. The lowest BCUT2D eigenvalue weighted by atomic mass is 10.0. The third-order valence-electron chi connectivity index (χ3n) is 3.42. The smallest absolute Gasteiger partial charge is 0.186 e. The van der Waals surface area contributed by atoms with Gasteiger partial charge in [-0.3, -0.25) is 0 Å².